The van der Waals surface area contributed by atoms with Crippen molar-refractivity contribution < 1.29 is 80.2 Å². The monoisotopic (exact) mass is 1420 g/mol. The first kappa shape index (κ1) is 95.1. The van der Waals surface area contributed by atoms with Crippen LogP contribution in [0, 0.1) is 17.8 Å². The summed E-state index contributed by atoms with van der Waals surface area (Å²) >= 11 is 0. The van der Waals surface area contributed by atoms with Crippen LogP contribution in [-0.2, 0) is 65.4 Å². The summed E-state index contributed by atoms with van der Waals surface area (Å²) < 4.78 is 68.6. The molecule has 2 unspecified atom stereocenters. The number of hydrogen-bond donors (Lipinski definition) is 3. The lowest BCUT2D eigenvalue weighted by atomic mass is 10.0. The molecule has 0 amide bonds. The second kappa shape index (κ2) is 68.5. The molecule has 0 aliphatic rings. The van der Waals surface area contributed by atoms with Crippen molar-refractivity contribution in [2.45, 2.75) is 420 Å². The summed E-state index contributed by atoms with van der Waals surface area (Å²) in [5.41, 5.74) is 0. The number of unbranched alkanes of at least 4 members (excludes halogenated alkanes) is 44. The van der Waals surface area contributed by atoms with Crippen molar-refractivity contribution in [1.29, 1.82) is 0 Å². The fourth-order valence-electron chi connectivity index (χ4n) is 12.0. The van der Waals surface area contributed by atoms with E-state index < -0.39 is 97.5 Å². The highest BCUT2D eigenvalue weighted by Crippen LogP contribution is 2.45. The predicted molar refractivity (Wildman–Crippen MR) is 395 cm³/mol. The standard InChI is InChI=1S/C78H152O17P2/c1-8-9-10-11-12-13-14-24-31-40-47-54-61-77(82)95-74(66-89-76(81)60-53-46-39-34-33-37-44-51-58-71(6)7)68-93-97(86,87)91-64-72(79)63-90-96(84,85)92-67-73(65-88-75(80)59-52-45-38-30-27-26-29-36-43-50-57-70(4)5)94-78(83)62-55-48-41-32-25-22-20-18-16-15-17-19-21-23-28-35-42-49-56-69(2)3/h69-74,79H,8-68H2,1-7H3,(H,84,85)(H,86,87)/t72-,73-,74-/m1/s1. The maximum Gasteiger partial charge on any atom is 0.472 e. The van der Waals surface area contributed by atoms with E-state index in [4.69, 9.17) is 37.0 Å². The molecule has 576 valence electrons. The topological polar surface area (TPSA) is 237 Å². The molecule has 0 aromatic heterocycles. The van der Waals surface area contributed by atoms with E-state index in [0.717, 1.165) is 108 Å². The zero-order valence-electron chi connectivity index (χ0n) is 63.5. The zero-order valence-corrected chi connectivity index (χ0v) is 65.3. The average molecular weight is 1420 g/mol. The smallest absolute Gasteiger partial charge is 0.462 e. The lowest BCUT2D eigenvalue weighted by molar-refractivity contribution is -0.161. The number of aliphatic hydroxyl groups excluding tert-OH is 1. The van der Waals surface area contributed by atoms with Gasteiger partial charge in [-0.3, -0.25) is 37.3 Å². The molecule has 0 aromatic rings. The quantitative estimate of drug-likeness (QED) is 0.0222. The van der Waals surface area contributed by atoms with Gasteiger partial charge in [0.2, 0.25) is 0 Å². The van der Waals surface area contributed by atoms with Crippen LogP contribution in [0.1, 0.15) is 402 Å². The molecule has 0 saturated heterocycles. The number of carbonyl (C=O) groups is 4. The van der Waals surface area contributed by atoms with Gasteiger partial charge in [-0.15, -0.1) is 0 Å². The Hall–Kier alpha value is -1.94. The number of hydrogen-bond acceptors (Lipinski definition) is 15. The van der Waals surface area contributed by atoms with E-state index in [1.165, 1.54) is 212 Å². The minimum absolute atomic E-state index is 0.107. The molecular formula is C78H152O17P2. The highest BCUT2D eigenvalue weighted by atomic mass is 31.2. The Morgan fingerprint density at radius 3 is 0.701 bits per heavy atom. The fraction of sp³-hybridized carbons (Fsp3) is 0.949. The number of esters is 4. The van der Waals surface area contributed by atoms with E-state index in [2.05, 4.69) is 48.5 Å². The van der Waals surface area contributed by atoms with Crippen molar-refractivity contribution in [1.82, 2.24) is 0 Å². The summed E-state index contributed by atoms with van der Waals surface area (Å²) in [7, 11) is -9.91. The minimum atomic E-state index is -4.96. The lowest BCUT2D eigenvalue weighted by Gasteiger charge is -2.21. The first-order valence-electron chi connectivity index (χ1n) is 40.3. The average Bonchev–Trinajstić information content (AvgIpc) is 1.09. The van der Waals surface area contributed by atoms with Gasteiger partial charge in [0.1, 0.15) is 19.3 Å². The van der Waals surface area contributed by atoms with Crippen LogP contribution < -0.4 is 0 Å². The third kappa shape index (κ3) is 72.2. The van der Waals surface area contributed by atoms with Crippen molar-refractivity contribution in [2.24, 2.45) is 17.8 Å². The Balaban J connectivity index is 5.21. The maximum absolute atomic E-state index is 13.1. The summed E-state index contributed by atoms with van der Waals surface area (Å²) in [6.45, 7) is 11.9. The Kier molecular flexibility index (Phi) is 67.1. The summed E-state index contributed by atoms with van der Waals surface area (Å²) in [5, 5.41) is 10.6. The van der Waals surface area contributed by atoms with Gasteiger partial charge in [-0.1, -0.05) is 350 Å². The minimum Gasteiger partial charge on any atom is -0.462 e. The van der Waals surface area contributed by atoms with Crippen molar-refractivity contribution in [2.75, 3.05) is 39.6 Å². The molecule has 3 N–H and O–H groups in total. The van der Waals surface area contributed by atoms with Gasteiger partial charge in [0, 0.05) is 25.7 Å². The van der Waals surface area contributed by atoms with Gasteiger partial charge >= 0.3 is 39.5 Å². The molecule has 5 atom stereocenters. The number of carbonyl (C=O) groups excluding carboxylic acids is 4. The van der Waals surface area contributed by atoms with E-state index in [1.54, 1.807) is 0 Å². The second-order valence-corrected chi connectivity index (χ2v) is 32.4. The van der Waals surface area contributed by atoms with Gasteiger partial charge in [0.15, 0.2) is 12.2 Å². The van der Waals surface area contributed by atoms with Crippen LogP contribution in [0.4, 0.5) is 0 Å². The molecular weight excluding hydrogens is 1270 g/mol. The Bertz CT molecular complexity index is 1890. The summed E-state index contributed by atoms with van der Waals surface area (Å²) in [4.78, 5) is 72.9. The Labute approximate surface area is 594 Å². The molecule has 0 bridgehead atoms. The van der Waals surface area contributed by atoms with Crippen LogP contribution >= 0.6 is 15.6 Å². The molecule has 0 rings (SSSR count). The predicted octanol–water partition coefficient (Wildman–Crippen LogP) is 23.0. The number of rotatable bonds is 76. The van der Waals surface area contributed by atoms with Crippen molar-refractivity contribution in [3.8, 4) is 0 Å². The van der Waals surface area contributed by atoms with Gasteiger partial charge in [0.25, 0.3) is 0 Å². The Morgan fingerprint density at radius 2 is 0.474 bits per heavy atom. The van der Waals surface area contributed by atoms with E-state index in [0.29, 0.717) is 25.7 Å². The van der Waals surface area contributed by atoms with Crippen LogP contribution in [0.25, 0.3) is 0 Å². The SMILES string of the molecule is CCCCCCCCCCCCCCC(=O)O[C@H](COC(=O)CCCCCCCCCCC(C)C)COP(=O)(O)OC[C@H](O)COP(=O)(O)OC[C@@H](COC(=O)CCCCCCCCCCCCC(C)C)OC(=O)CCCCCCCCCCCCCCCCCCCCC(C)C. The third-order valence-electron chi connectivity index (χ3n) is 18.1. The van der Waals surface area contributed by atoms with Crippen LogP contribution in [0.2, 0.25) is 0 Å². The second-order valence-electron chi connectivity index (χ2n) is 29.5. The zero-order chi connectivity index (χ0) is 71.6. The number of phosphoric acid groups is 2. The maximum atomic E-state index is 13.1. The van der Waals surface area contributed by atoms with Gasteiger partial charge in [-0.25, -0.2) is 9.13 Å². The third-order valence-corrected chi connectivity index (χ3v) is 20.0. The van der Waals surface area contributed by atoms with Gasteiger partial charge in [0.05, 0.1) is 26.4 Å². The summed E-state index contributed by atoms with van der Waals surface area (Å²) in [6, 6.07) is 0. The van der Waals surface area contributed by atoms with E-state index >= 15 is 0 Å². The van der Waals surface area contributed by atoms with Gasteiger partial charge in [-0.2, -0.15) is 0 Å². The first-order valence-corrected chi connectivity index (χ1v) is 43.3. The molecule has 97 heavy (non-hydrogen) atoms. The highest BCUT2D eigenvalue weighted by Gasteiger charge is 2.30. The van der Waals surface area contributed by atoms with Crippen molar-refractivity contribution >= 4 is 39.5 Å². The number of aliphatic hydroxyl groups is 1. The molecule has 0 radical (unpaired) electrons. The summed E-state index contributed by atoms with van der Waals surface area (Å²) in [6.07, 6.45) is 55.5. The molecule has 0 aliphatic carbocycles. The highest BCUT2D eigenvalue weighted by molar-refractivity contribution is 7.47. The number of phosphoric ester groups is 2. The molecule has 19 heteroatoms. The first-order chi connectivity index (χ1) is 46.7. The van der Waals surface area contributed by atoms with Gasteiger partial charge < -0.3 is 33.8 Å². The van der Waals surface area contributed by atoms with Crippen LogP contribution in [0.5, 0.6) is 0 Å². The Morgan fingerprint density at radius 1 is 0.278 bits per heavy atom. The molecule has 0 saturated carbocycles. The fourth-order valence-corrected chi connectivity index (χ4v) is 13.5. The van der Waals surface area contributed by atoms with Crippen molar-refractivity contribution in [3.05, 3.63) is 0 Å². The van der Waals surface area contributed by atoms with Crippen LogP contribution in [-0.4, -0.2) is 96.7 Å². The molecule has 0 fully saturated rings. The van der Waals surface area contributed by atoms with Crippen LogP contribution in [0.3, 0.4) is 0 Å². The number of ether oxygens (including phenoxy) is 4. The van der Waals surface area contributed by atoms with Gasteiger partial charge in [-0.05, 0) is 43.4 Å². The van der Waals surface area contributed by atoms with Crippen molar-refractivity contribution in [3.63, 3.8) is 0 Å². The molecule has 0 heterocycles. The van der Waals surface area contributed by atoms with E-state index in [-0.39, 0.29) is 25.7 Å². The lowest BCUT2D eigenvalue weighted by Crippen LogP contribution is -2.30. The molecule has 0 spiro atoms. The summed E-state index contributed by atoms with van der Waals surface area (Å²) in [5.74, 6) is 0.190. The molecule has 17 nitrogen and oxygen atoms in total. The van der Waals surface area contributed by atoms with E-state index in [9.17, 15) is 43.2 Å². The largest absolute Gasteiger partial charge is 0.472 e. The normalized spacial score (nSPS) is 14.0. The molecule has 0 aliphatic heterocycles. The van der Waals surface area contributed by atoms with E-state index in [1.807, 2.05) is 0 Å². The van der Waals surface area contributed by atoms with Crippen LogP contribution in [0.15, 0.2) is 0 Å². The molecule has 0 aromatic carbocycles.